The molecule has 0 saturated carbocycles. The van der Waals surface area contributed by atoms with Crippen molar-refractivity contribution in [1.29, 1.82) is 0 Å². The van der Waals surface area contributed by atoms with Gasteiger partial charge in [-0.3, -0.25) is 14.2 Å². The average molecular weight is 393 g/mol. The van der Waals surface area contributed by atoms with Crippen LogP contribution in [0.2, 0.25) is 0 Å². The molecule has 0 spiro atoms. The molecule has 0 aromatic carbocycles. The zero-order valence-corrected chi connectivity index (χ0v) is 16.5. The minimum Gasteiger partial charge on any atom is -0.353 e. The Bertz CT molecular complexity index is 1070. The maximum atomic E-state index is 12.7. The van der Waals surface area contributed by atoms with Crippen LogP contribution in [0.25, 0.3) is 5.82 Å². The van der Waals surface area contributed by atoms with Gasteiger partial charge in [-0.1, -0.05) is 0 Å². The van der Waals surface area contributed by atoms with E-state index in [0.29, 0.717) is 37.4 Å². The SMILES string of the molecule is Cc1ncn(CC(=O)N2CCN(c3cc(-n4cccc4)ncn3)CC2)c(=O)c1C. The van der Waals surface area contributed by atoms with Gasteiger partial charge in [-0.15, -0.1) is 0 Å². The summed E-state index contributed by atoms with van der Waals surface area (Å²) in [6.07, 6.45) is 6.88. The molecule has 0 bridgehead atoms. The van der Waals surface area contributed by atoms with Crippen molar-refractivity contribution in [2.45, 2.75) is 20.4 Å². The molecule has 150 valence electrons. The fraction of sp³-hybridized carbons (Fsp3) is 0.350. The molecule has 9 nitrogen and oxygen atoms in total. The summed E-state index contributed by atoms with van der Waals surface area (Å²) in [6.45, 7) is 6.04. The van der Waals surface area contributed by atoms with E-state index in [-0.39, 0.29) is 18.0 Å². The second kappa shape index (κ2) is 7.86. The van der Waals surface area contributed by atoms with Crippen molar-refractivity contribution in [2.24, 2.45) is 0 Å². The van der Waals surface area contributed by atoms with E-state index < -0.39 is 0 Å². The minimum absolute atomic E-state index is 0.0121. The Morgan fingerprint density at radius 1 is 1.00 bits per heavy atom. The van der Waals surface area contributed by atoms with Crippen molar-refractivity contribution in [3.63, 3.8) is 0 Å². The quantitative estimate of drug-likeness (QED) is 0.651. The summed E-state index contributed by atoms with van der Waals surface area (Å²) >= 11 is 0. The number of hydrogen-bond donors (Lipinski definition) is 0. The lowest BCUT2D eigenvalue weighted by Gasteiger charge is -2.35. The van der Waals surface area contributed by atoms with Crippen LogP contribution >= 0.6 is 0 Å². The highest BCUT2D eigenvalue weighted by Crippen LogP contribution is 2.16. The first kappa shape index (κ1) is 18.9. The fourth-order valence-electron chi connectivity index (χ4n) is 3.36. The Labute approximate surface area is 168 Å². The Hall–Kier alpha value is -3.49. The van der Waals surface area contributed by atoms with Gasteiger partial charge in [0.2, 0.25) is 5.91 Å². The normalized spacial score (nSPS) is 14.3. The molecule has 4 rings (SSSR count). The second-order valence-electron chi connectivity index (χ2n) is 7.08. The predicted octanol–water partition coefficient (Wildman–Crippen LogP) is 0.790. The largest absolute Gasteiger partial charge is 0.353 e. The fourth-order valence-corrected chi connectivity index (χ4v) is 3.36. The van der Waals surface area contributed by atoms with Crippen molar-refractivity contribution < 1.29 is 4.79 Å². The number of piperazine rings is 1. The van der Waals surface area contributed by atoms with Gasteiger partial charge in [0.15, 0.2) is 0 Å². The molecule has 0 aliphatic carbocycles. The molecule has 0 N–H and O–H groups in total. The van der Waals surface area contributed by atoms with E-state index in [2.05, 4.69) is 19.9 Å². The van der Waals surface area contributed by atoms with E-state index in [1.165, 1.54) is 10.9 Å². The van der Waals surface area contributed by atoms with Gasteiger partial charge in [-0.25, -0.2) is 15.0 Å². The predicted molar refractivity (Wildman–Crippen MR) is 108 cm³/mol. The van der Waals surface area contributed by atoms with Crippen molar-refractivity contribution in [2.75, 3.05) is 31.1 Å². The number of amides is 1. The van der Waals surface area contributed by atoms with Crippen molar-refractivity contribution in [3.05, 3.63) is 64.9 Å². The van der Waals surface area contributed by atoms with Gasteiger partial charge in [0.25, 0.3) is 5.56 Å². The first-order chi connectivity index (χ1) is 14.0. The molecule has 1 fully saturated rings. The van der Waals surface area contributed by atoms with E-state index >= 15 is 0 Å². The molecule has 1 aliphatic heterocycles. The molecule has 0 radical (unpaired) electrons. The third-order valence-electron chi connectivity index (χ3n) is 5.28. The summed E-state index contributed by atoms with van der Waals surface area (Å²) in [6, 6.07) is 5.84. The first-order valence-corrected chi connectivity index (χ1v) is 9.53. The number of rotatable bonds is 4. The average Bonchev–Trinajstić information content (AvgIpc) is 3.29. The van der Waals surface area contributed by atoms with Crippen molar-refractivity contribution in [1.82, 2.24) is 29.0 Å². The highest BCUT2D eigenvalue weighted by Gasteiger charge is 2.23. The summed E-state index contributed by atoms with van der Waals surface area (Å²) in [4.78, 5) is 41.8. The Morgan fingerprint density at radius 2 is 1.69 bits per heavy atom. The maximum Gasteiger partial charge on any atom is 0.256 e. The Balaban J connectivity index is 1.40. The number of carbonyl (C=O) groups excluding carboxylic acids is 1. The lowest BCUT2D eigenvalue weighted by Crippen LogP contribution is -2.50. The van der Waals surface area contributed by atoms with Gasteiger partial charge in [0, 0.05) is 55.9 Å². The monoisotopic (exact) mass is 393 g/mol. The number of nitrogens with zero attached hydrogens (tertiary/aromatic N) is 7. The lowest BCUT2D eigenvalue weighted by molar-refractivity contribution is -0.132. The van der Waals surface area contributed by atoms with E-state index in [1.807, 2.05) is 35.2 Å². The summed E-state index contributed by atoms with van der Waals surface area (Å²) in [5, 5.41) is 0. The zero-order chi connectivity index (χ0) is 20.4. The van der Waals surface area contributed by atoms with Crippen LogP contribution in [0, 0.1) is 13.8 Å². The van der Waals surface area contributed by atoms with Crippen LogP contribution in [0.3, 0.4) is 0 Å². The van der Waals surface area contributed by atoms with E-state index in [0.717, 1.165) is 11.6 Å². The van der Waals surface area contributed by atoms with E-state index in [9.17, 15) is 9.59 Å². The molecule has 9 heteroatoms. The number of hydrogen-bond acceptors (Lipinski definition) is 6. The Morgan fingerprint density at radius 3 is 2.41 bits per heavy atom. The molecule has 29 heavy (non-hydrogen) atoms. The maximum absolute atomic E-state index is 12.7. The van der Waals surface area contributed by atoms with Crippen molar-refractivity contribution >= 4 is 11.7 Å². The molecule has 0 unspecified atom stereocenters. The van der Waals surface area contributed by atoms with E-state index in [4.69, 9.17) is 0 Å². The number of aromatic nitrogens is 5. The number of aryl methyl sites for hydroxylation is 1. The van der Waals surface area contributed by atoms with Crippen LogP contribution in [-0.4, -0.2) is 61.1 Å². The van der Waals surface area contributed by atoms with Crippen LogP contribution in [0.1, 0.15) is 11.3 Å². The molecule has 0 atom stereocenters. The smallest absolute Gasteiger partial charge is 0.256 e. The lowest BCUT2D eigenvalue weighted by atomic mass is 10.2. The third-order valence-corrected chi connectivity index (χ3v) is 5.28. The van der Waals surface area contributed by atoms with Crippen LogP contribution < -0.4 is 10.5 Å². The van der Waals surface area contributed by atoms with Gasteiger partial charge in [0.1, 0.15) is 24.5 Å². The van der Waals surface area contributed by atoms with Crippen LogP contribution in [0.5, 0.6) is 0 Å². The molecule has 3 aromatic heterocycles. The molecule has 1 aliphatic rings. The molecular weight excluding hydrogens is 370 g/mol. The molecule has 3 aromatic rings. The van der Waals surface area contributed by atoms with Gasteiger partial charge in [-0.05, 0) is 26.0 Å². The summed E-state index contributed by atoms with van der Waals surface area (Å²) in [5.41, 5.74) is 1.10. The highest BCUT2D eigenvalue weighted by atomic mass is 16.2. The second-order valence-corrected chi connectivity index (χ2v) is 7.08. The zero-order valence-electron chi connectivity index (χ0n) is 16.5. The summed E-state index contributed by atoms with van der Waals surface area (Å²) in [7, 11) is 0. The van der Waals surface area contributed by atoms with E-state index in [1.54, 1.807) is 25.1 Å². The minimum atomic E-state index is -0.164. The molecule has 1 amide bonds. The Kier molecular flexibility index (Phi) is 5.11. The van der Waals surface area contributed by atoms with Gasteiger partial charge in [-0.2, -0.15) is 0 Å². The number of anilines is 1. The number of carbonyl (C=O) groups is 1. The van der Waals surface area contributed by atoms with Crippen LogP contribution in [0.4, 0.5) is 5.82 Å². The van der Waals surface area contributed by atoms with Crippen molar-refractivity contribution in [3.8, 4) is 5.82 Å². The molecule has 4 heterocycles. The standard InChI is InChI=1S/C20H23N7O2/c1-15-16(2)23-14-27(20(15)29)12-19(28)26-9-7-25(8-10-26)18-11-17(21-13-22-18)24-5-3-4-6-24/h3-6,11,13-14H,7-10,12H2,1-2H3. The van der Waals surface area contributed by atoms with Crippen LogP contribution in [-0.2, 0) is 11.3 Å². The third kappa shape index (κ3) is 3.89. The summed E-state index contributed by atoms with van der Waals surface area (Å²) in [5.74, 6) is 1.57. The molecular formula is C20H23N7O2. The van der Waals surface area contributed by atoms with Gasteiger partial charge in [0.05, 0.1) is 6.33 Å². The van der Waals surface area contributed by atoms with Crippen LogP contribution in [0.15, 0.2) is 48.0 Å². The highest BCUT2D eigenvalue weighted by molar-refractivity contribution is 5.76. The first-order valence-electron chi connectivity index (χ1n) is 9.53. The van der Waals surface area contributed by atoms with Gasteiger partial charge >= 0.3 is 0 Å². The van der Waals surface area contributed by atoms with Gasteiger partial charge < -0.3 is 14.4 Å². The molecule has 1 saturated heterocycles. The summed E-state index contributed by atoms with van der Waals surface area (Å²) < 4.78 is 3.31. The topological polar surface area (TPSA) is 89.2 Å².